The molecular formula is C17H25N3O3. The summed E-state index contributed by atoms with van der Waals surface area (Å²) < 4.78 is 11.2. The van der Waals surface area contributed by atoms with Crippen molar-refractivity contribution in [1.82, 2.24) is 9.80 Å². The van der Waals surface area contributed by atoms with Crippen LogP contribution >= 0.6 is 0 Å². The molecule has 0 radical (unpaired) electrons. The largest absolute Gasteiger partial charge is 0.486 e. The van der Waals surface area contributed by atoms with Gasteiger partial charge in [0.05, 0.1) is 6.04 Å². The van der Waals surface area contributed by atoms with Crippen LogP contribution in [0.3, 0.4) is 0 Å². The zero-order valence-corrected chi connectivity index (χ0v) is 13.7. The van der Waals surface area contributed by atoms with E-state index in [1.165, 1.54) is 5.56 Å². The van der Waals surface area contributed by atoms with Gasteiger partial charge in [-0.3, -0.25) is 14.6 Å². The minimum atomic E-state index is -0.215. The van der Waals surface area contributed by atoms with Crippen molar-refractivity contribution in [2.75, 3.05) is 39.4 Å². The molecule has 0 spiro atoms. The van der Waals surface area contributed by atoms with Gasteiger partial charge < -0.3 is 15.2 Å². The minimum Gasteiger partial charge on any atom is -0.486 e. The maximum absolute atomic E-state index is 11.5. The zero-order valence-electron chi connectivity index (χ0n) is 13.7. The van der Waals surface area contributed by atoms with Gasteiger partial charge in [0.1, 0.15) is 13.2 Å². The Balaban J connectivity index is 1.55. The van der Waals surface area contributed by atoms with E-state index in [1.54, 1.807) is 0 Å². The van der Waals surface area contributed by atoms with E-state index >= 15 is 0 Å². The molecule has 1 fully saturated rings. The summed E-state index contributed by atoms with van der Waals surface area (Å²) in [5, 5.41) is 0. The van der Waals surface area contributed by atoms with Crippen LogP contribution < -0.4 is 15.2 Å². The third kappa shape index (κ3) is 3.76. The standard InChI is InChI=1S/C17H25N3O3/c1-2-14(17(18)21)20-7-5-19(6-8-20)12-13-3-4-15-16(11-13)23-10-9-22-15/h3-4,11,14H,2,5-10,12H2,1H3,(H2,18,21)/t14-/m1/s1. The summed E-state index contributed by atoms with van der Waals surface area (Å²) in [6.45, 7) is 7.77. The summed E-state index contributed by atoms with van der Waals surface area (Å²) in [7, 11) is 0. The van der Waals surface area contributed by atoms with Crippen LogP contribution in [0.1, 0.15) is 18.9 Å². The molecule has 0 saturated carbocycles. The molecule has 0 unspecified atom stereocenters. The number of nitrogens with zero attached hydrogens (tertiary/aromatic N) is 2. The Morgan fingerprint density at radius 3 is 2.52 bits per heavy atom. The van der Waals surface area contributed by atoms with E-state index in [0.29, 0.717) is 13.2 Å². The lowest BCUT2D eigenvalue weighted by Crippen LogP contribution is -2.53. The van der Waals surface area contributed by atoms with Crippen molar-refractivity contribution in [2.45, 2.75) is 25.9 Å². The highest BCUT2D eigenvalue weighted by molar-refractivity contribution is 5.79. The number of rotatable bonds is 5. The predicted molar refractivity (Wildman–Crippen MR) is 87.6 cm³/mol. The molecule has 1 aromatic rings. The number of fused-ring (bicyclic) bond motifs is 1. The van der Waals surface area contributed by atoms with Gasteiger partial charge >= 0.3 is 0 Å². The quantitative estimate of drug-likeness (QED) is 0.871. The topological polar surface area (TPSA) is 68.0 Å². The lowest BCUT2D eigenvalue weighted by molar-refractivity contribution is -0.124. The number of nitrogens with two attached hydrogens (primary N) is 1. The van der Waals surface area contributed by atoms with Crippen molar-refractivity contribution in [2.24, 2.45) is 5.73 Å². The van der Waals surface area contributed by atoms with Gasteiger partial charge in [0.2, 0.25) is 5.91 Å². The van der Waals surface area contributed by atoms with Gasteiger partial charge in [0.25, 0.3) is 0 Å². The second-order valence-corrected chi connectivity index (χ2v) is 6.12. The normalized spacial score (nSPS) is 20.2. The third-order valence-corrected chi connectivity index (χ3v) is 4.58. The molecule has 3 rings (SSSR count). The van der Waals surface area contributed by atoms with Crippen LogP contribution in [-0.2, 0) is 11.3 Å². The maximum Gasteiger partial charge on any atom is 0.234 e. The number of primary amides is 1. The molecule has 1 aromatic carbocycles. The van der Waals surface area contributed by atoms with Gasteiger partial charge in [-0.2, -0.15) is 0 Å². The summed E-state index contributed by atoms with van der Waals surface area (Å²) >= 11 is 0. The first-order valence-corrected chi connectivity index (χ1v) is 8.31. The number of amides is 1. The van der Waals surface area contributed by atoms with Crippen molar-refractivity contribution < 1.29 is 14.3 Å². The highest BCUT2D eigenvalue weighted by Gasteiger charge is 2.26. The minimum absolute atomic E-state index is 0.133. The molecule has 0 aliphatic carbocycles. The lowest BCUT2D eigenvalue weighted by atomic mass is 10.1. The summed E-state index contributed by atoms with van der Waals surface area (Å²) in [5.74, 6) is 1.46. The van der Waals surface area contributed by atoms with Crippen LogP contribution in [-0.4, -0.2) is 61.1 Å². The smallest absolute Gasteiger partial charge is 0.234 e. The fraction of sp³-hybridized carbons (Fsp3) is 0.588. The number of carbonyl (C=O) groups excluding carboxylic acids is 1. The molecule has 2 aliphatic rings. The summed E-state index contributed by atoms with van der Waals surface area (Å²) in [5.41, 5.74) is 6.71. The second kappa shape index (κ2) is 7.19. The Kier molecular flexibility index (Phi) is 5.03. The van der Waals surface area contributed by atoms with Gasteiger partial charge in [0, 0.05) is 32.7 Å². The van der Waals surface area contributed by atoms with E-state index in [-0.39, 0.29) is 11.9 Å². The molecule has 2 aliphatic heterocycles. The molecular weight excluding hydrogens is 294 g/mol. The fourth-order valence-corrected chi connectivity index (χ4v) is 3.32. The van der Waals surface area contributed by atoms with Crippen molar-refractivity contribution in [3.8, 4) is 11.5 Å². The van der Waals surface area contributed by atoms with Crippen LogP contribution in [0.25, 0.3) is 0 Å². The SMILES string of the molecule is CC[C@H](C(N)=O)N1CCN(Cc2ccc3c(c2)OCCO3)CC1. The Labute approximate surface area is 137 Å². The van der Waals surface area contributed by atoms with Crippen LogP contribution in [0.15, 0.2) is 18.2 Å². The monoisotopic (exact) mass is 319 g/mol. The van der Waals surface area contributed by atoms with Crippen molar-refractivity contribution in [3.63, 3.8) is 0 Å². The lowest BCUT2D eigenvalue weighted by Gasteiger charge is -2.37. The molecule has 0 bridgehead atoms. The number of hydrogen-bond acceptors (Lipinski definition) is 5. The van der Waals surface area contributed by atoms with Gasteiger partial charge in [-0.05, 0) is 24.1 Å². The average Bonchev–Trinajstić information content (AvgIpc) is 2.57. The molecule has 1 amide bonds. The average molecular weight is 319 g/mol. The van der Waals surface area contributed by atoms with Crippen LogP contribution in [0, 0.1) is 0 Å². The molecule has 1 atom stereocenters. The van der Waals surface area contributed by atoms with Gasteiger partial charge in [-0.15, -0.1) is 0 Å². The van der Waals surface area contributed by atoms with Crippen LogP contribution in [0.2, 0.25) is 0 Å². The molecule has 1 saturated heterocycles. The van der Waals surface area contributed by atoms with Crippen molar-refractivity contribution in [1.29, 1.82) is 0 Å². The first-order chi connectivity index (χ1) is 11.2. The Morgan fingerprint density at radius 2 is 1.87 bits per heavy atom. The maximum atomic E-state index is 11.5. The van der Waals surface area contributed by atoms with Crippen LogP contribution in [0.5, 0.6) is 11.5 Å². The highest BCUT2D eigenvalue weighted by Crippen LogP contribution is 2.31. The molecule has 126 valence electrons. The van der Waals surface area contributed by atoms with Gasteiger partial charge in [-0.1, -0.05) is 13.0 Å². The van der Waals surface area contributed by atoms with E-state index in [0.717, 1.165) is 50.6 Å². The Hall–Kier alpha value is -1.79. The highest BCUT2D eigenvalue weighted by atomic mass is 16.6. The van der Waals surface area contributed by atoms with E-state index in [1.807, 2.05) is 13.0 Å². The van der Waals surface area contributed by atoms with Gasteiger partial charge in [0.15, 0.2) is 11.5 Å². The van der Waals surface area contributed by atoms with E-state index in [9.17, 15) is 4.79 Å². The molecule has 6 heteroatoms. The number of benzene rings is 1. The van der Waals surface area contributed by atoms with E-state index in [2.05, 4.69) is 21.9 Å². The number of hydrogen-bond donors (Lipinski definition) is 1. The first kappa shape index (κ1) is 16.1. The zero-order chi connectivity index (χ0) is 16.2. The number of piperazine rings is 1. The van der Waals surface area contributed by atoms with Crippen molar-refractivity contribution >= 4 is 5.91 Å². The number of ether oxygens (including phenoxy) is 2. The number of carbonyl (C=O) groups is 1. The molecule has 0 aromatic heterocycles. The summed E-state index contributed by atoms with van der Waals surface area (Å²) in [4.78, 5) is 16.1. The molecule has 6 nitrogen and oxygen atoms in total. The first-order valence-electron chi connectivity index (χ1n) is 8.31. The Morgan fingerprint density at radius 1 is 1.17 bits per heavy atom. The summed E-state index contributed by atoms with van der Waals surface area (Å²) in [6, 6.07) is 6.02. The summed E-state index contributed by atoms with van der Waals surface area (Å²) in [6.07, 6.45) is 0.775. The fourth-order valence-electron chi connectivity index (χ4n) is 3.32. The van der Waals surface area contributed by atoms with Gasteiger partial charge in [-0.25, -0.2) is 0 Å². The van der Waals surface area contributed by atoms with Crippen LogP contribution in [0.4, 0.5) is 0 Å². The molecule has 2 heterocycles. The predicted octanol–water partition coefficient (Wildman–Crippen LogP) is 0.839. The van der Waals surface area contributed by atoms with E-state index < -0.39 is 0 Å². The third-order valence-electron chi connectivity index (χ3n) is 4.58. The molecule has 2 N–H and O–H groups in total. The van der Waals surface area contributed by atoms with E-state index in [4.69, 9.17) is 15.2 Å². The van der Waals surface area contributed by atoms with Crippen molar-refractivity contribution in [3.05, 3.63) is 23.8 Å². The second-order valence-electron chi connectivity index (χ2n) is 6.12. The molecule has 23 heavy (non-hydrogen) atoms. The Bertz CT molecular complexity index is 556.